The highest BCUT2D eigenvalue weighted by Gasteiger charge is 2.44. The monoisotopic (exact) mass is 829 g/mol. The van der Waals surface area contributed by atoms with E-state index in [0.717, 1.165) is 38.5 Å². The van der Waals surface area contributed by atoms with Crippen molar-refractivity contribution >= 4 is 11.9 Å². The molecule has 2 unspecified atom stereocenters. The van der Waals surface area contributed by atoms with Crippen LogP contribution < -0.4 is 0 Å². The van der Waals surface area contributed by atoms with E-state index in [0.29, 0.717) is 6.42 Å². The summed E-state index contributed by atoms with van der Waals surface area (Å²) in [6, 6.07) is 0. The molecule has 1 heterocycles. The van der Waals surface area contributed by atoms with Crippen LogP contribution in [-0.4, -0.2) is 89.0 Å². The van der Waals surface area contributed by atoms with Crippen LogP contribution in [0.4, 0.5) is 0 Å². The van der Waals surface area contributed by atoms with Gasteiger partial charge in [-0.3, -0.25) is 9.59 Å². The van der Waals surface area contributed by atoms with Gasteiger partial charge in [-0.25, -0.2) is 0 Å². The maximum absolute atomic E-state index is 12.8. The van der Waals surface area contributed by atoms with Gasteiger partial charge in [-0.1, -0.05) is 213 Å². The van der Waals surface area contributed by atoms with Crippen molar-refractivity contribution in [3.63, 3.8) is 0 Å². The molecular weight excluding hydrogens is 737 g/mol. The number of unbranched alkanes of at least 4 members (excludes halogenated alkanes) is 31. The van der Waals surface area contributed by atoms with Crippen LogP contribution in [0.25, 0.3) is 0 Å². The molecule has 58 heavy (non-hydrogen) atoms. The molecular formula is C48H92O10. The van der Waals surface area contributed by atoms with E-state index in [2.05, 4.69) is 13.8 Å². The van der Waals surface area contributed by atoms with Gasteiger partial charge in [0.05, 0.1) is 13.2 Å². The van der Waals surface area contributed by atoms with Crippen molar-refractivity contribution in [1.82, 2.24) is 0 Å². The molecule has 1 saturated heterocycles. The van der Waals surface area contributed by atoms with E-state index < -0.39 is 49.4 Å². The Bertz CT molecular complexity index is 917. The molecule has 0 amide bonds. The predicted octanol–water partition coefficient (Wildman–Crippen LogP) is 11.0. The molecule has 0 bridgehead atoms. The molecule has 0 aromatic heterocycles. The number of carbonyl (C=O) groups is 2. The number of rotatable bonds is 42. The Kier molecular flexibility index (Phi) is 37.6. The van der Waals surface area contributed by atoms with Gasteiger partial charge in [-0.15, -0.1) is 0 Å². The highest BCUT2D eigenvalue weighted by atomic mass is 16.7. The lowest BCUT2D eigenvalue weighted by Gasteiger charge is -2.39. The van der Waals surface area contributed by atoms with E-state index in [-0.39, 0.29) is 32.0 Å². The molecule has 1 rings (SSSR count). The summed E-state index contributed by atoms with van der Waals surface area (Å²) in [7, 11) is 0. The van der Waals surface area contributed by atoms with Gasteiger partial charge in [0.25, 0.3) is 0 Å². The zero-order valence-electron chi connectivity index (χ0n) is 37.6. The largest absolute Gasteiger partial charge is 0.462 e. The minimum atomic E-state index is -1.59. The Labute approximate surface area is 355 Å². The highest BCUT2D eigenvalue weighted by Crippen LogP contribution is 2.23. The van der Waals surface area contributed by atoms with Crippen LogP contribution >= 0.6 is 0 Å². The minimum Gasteiger partial charge on any atom is -0.462 e. The Morgan fingerprint density at radius 1 is 0.466 bits per heavy atom. The second-order valence-corrected chi connectivity index (χ2v) is 17.3. The van der Waals surface area contributed by atoms with Crippen LogP contribution in [-0.2, 0) is 28.5 Å². The predicted molar refractivity (Wildman–Crippen MR) is 234 cm³/mol. The van der Waals surface area contributed by atoms with Gasteiger partial charge in [0.15, 0.2) is 12.4 Å². The van der Waals surface area contributed by atoms with E-state index in [1.807, 2.05) is 0 Å². The number of hydrogen-bond acceptors (Lipinski definition) is 10. The minimum absolute atomic E-state index is 0.208. The first-order valence-corrected chi connectivity index (χ1v) is 24.6. The fourth-order valence-electron chi connectivity index (χ4n) is 7.84. The van der Waals surface area contributed by atoms with Crippen molar-refractivity contribution in [3.8, 4) is 0 Å². The Morgan fingerprint density at radius 3 is 1.17 bits per heavy atom. The van der Waals surface area contributed by atoms with Crippen molar-refractivity contribution in [1.29, 1.82) is 0 Å². The van der Waals surface area contributed by atoms with Crippen LogP contribution in [0.2, 0.25) is 0 Å². The van der Waals surface area contributed by atoms with Gasteiger partial charge >= 0.3 is 11.9 Å². The van der Waals surface area contributed by atoms with Crippen LogP contribution in [0, 0.1) is 0 Å². The first-order valence-electron chi connectivity index (χ1n) is 24.6. The molecule has 1 fully saturated rings. The lowest BCUT2D eigenvalue weighted by atomic mass is 9.99. The SMILES string of the molecule is CCCCCCCCCCCCCCCCCCCC(=O)OC[C@@H](CO[C@H]1O[C@@H](CO)[C@@H](O)C(O)C1O)OC(=O)CCCCCCCCCCCCCCCCCC. The standard InChI is InChI=1S/C48H92O10/c1-3-5-7-9-11-13-15-17-19-21-23-24-26-28-30-32-34-36-43(50)55-39-41(40-56-48-47(54)46(53)45(52)42(38-49)58-48)57-44(51)37-35-33-31-29-27-25-22-20-18-16-14-12-10-8-6-4-2/h41-42,45-49,52-54H,3-40H2,1-2H3/t41-,42-,45+,46?,47?,48-/m0/s1. The number of ether oxygens (including phenoxy) is 4. The fourth-order valence-corrected chi connectivity index (χ4v) is 7.84. The Morgan fingerprint density at radius 2 is 0.810 bits per heavy atom. The van der Waals surface area contributed by atoms with E-state index in [4.69, 9.17) is 18.9 Å². The molecule has 0 aromatic carbocycles. The quantitative estimate of drug-likeness (QED) is 0.0346. The maximum atomic E-state index is 12.8. The first kappa shape index (κ1) is 54.7. The van der Waals surface area contributed by atoms with Gasteiger partial charge < -0.3 is 39.4 Å². The lowest BCUT2D eigenvalue weighted by Crippen LogP contribution is -2.59. The third-order valence-electron chi connectivity index (χ3n) is 11.7. The van der Waals surface area contributed by atoms with Gasteiger partial charge in [0, 0.05) is 12.8 Å². The van der Waals surface area contributed by atoms with E-state index >= 15 is 0 Å². The number of aliphatic hydroxyl groups is 4. The summed E-state index contributed by atoms with van der Waals surface area (Å²) < 4.78 is 22.2. The zero-order valence-corrected chi connectivity index (χ0v) is 37.6. The third kappa shape index (κ3) is 30.7. The summed E-state index contributed by atoms with van der Waals surface area (Å²) in [6.45, 7) is 3.47. The summed E-state index contributed by atoms with van der Waals surface area (Å²) in [5, 5.41) is 40.1. The van der Waals surface area contributed by atoms with Crippen LogP contribution in [0.3, 0.4) is 0 Å². The first-order chi connectivity index (χ1) is 28.3. The van der Waals surface area contributed by atoms with Gasteiger partial charge in [-0.2, -0.15) is 0 Å². The van der Waals surface area contributed by atoms with Crippen molar-refractivity contribution in [2.45, 2.75) is 275 Å². The van der Waals surface area contributed by atoms with Crippen molar-refractivity contribution in [3.05, 3.63) is 0 Å². The second kappa shape index (κ2) is 39.8. The number of hydrogen-bond donors (Lipinski definition) is 4. The van der Waals surface area contributed by atoms with E-state index in [1.165, 1.54) is 167 Å². The molecule has 10 heteroatoms. The fraction of sp³-hybridized carbons (Fsp3) is 0.958. The summed E-state index contributed by atoms with van der Waals surface area (Å²) in [5.41, 5.74) is 0. The summed E-state index contributed by atoms with van der Waals surface area (Å²) in [5.74, 6) is -0.787. The molecule has 0 radical (unpaired) electrons. The zero-order chi connectivity index (χ0) is 42.3. The van der Waals surface area contributed by atoms with E-state index in [1.54, 1.807) is 0 Å². The van der Waals surface area contributed by atoms with Gasteiger partial charge in [0.1, 0.15) is 31.0 Å². The summed E-state index contributed by atoms with van der Waals surface area (Å²) in [6.07, 6.45) is 33.9. The van der Waals surface area contributed by atoms with Crippen molar-refractivity contribution in [2.75, 3.05) is 19.8 Å². The van der Waals surface area contributed by atoms with Crippen molar-refractivity contribution in [2.24, 2.45) is 0 Å². The van der Waals surface area contributed by atoms with Crippen LogP contribution in [0.1, 0.15) is 239 Å². The topological polar surface area (TPSA) is 152 Å². The van der Waals surface area contributed by atoms with Crippen LogP contribution in [0.15, 0.2) is 0 Å². The number of esters is 2. The molecule has 344 valence electrons. The normalized spacial score (nSPS) is 20.0. The maximum Gasteiger partial charge on any atom is 0.306 e. The molecule has 0 spiro atoms. The molecule has 10 nitrogen and oxygen atoms in total. The average molecular weight is 829 g/mol. The third-order valence-corrected chi connectivity index (χ3v) is 11.7. The number of aliphatic hydroxyl groups excluding tert-OH is 4. The van der Waals surface area contributed by atoms with Gasteiger partial charge in [0.2, 0.25) is 0 Å². The van der Waals surface area contributed by atoms with Gasteiger partial charge in [-0.05, 0) is 12.8 Å². The smallest absolute Gasteiger partial charge is 0.306 e. The van der Waals surface area contributed by atoms with Crippen LogP contribution in [0.5, 0.6) is 0 Å². The summed E-state index contributed by atoms with van der Waals surface area (Å²) in [4.78, 5) is 25.4. The Hall–Kier alpha value is -1.30. The molecule has 1 aliphatic rings. The molecule has 4 N–H and O–H groups in total. The molecule has 0 aliphatic carbocycles. The molecule has 1 aliphatic heterocycles. The average Bonchev–Trinajstić information content (AvgIpc) is 3.22. The van der Waals surface area contributed by atoms with E-state index in [9.17, 15) is 30.0 Å². The molecule has 0 saturated carbocycles. The van der Waals surface area contributed by atoms with Crippen molar-refractivity contribution < 1.29 is 49.0 Å². The Balaban J connectivity index is 2.26. The second-order valence-electron chi connectivity index (χ2n) is 17.3. The molecule has 6 atom stereocenters. The molecule has 0 aromatic rings. The highest BCUT2D eigenvalue weighted by molar-refractivity contribution is 5.70. The number of carbonyl (C=O) groups excluding carboxylic acids is 2. The lowest BCUT2D eigenvalue weighted by molar-refractivity contribution is -0.305. The summed E-state index contributed by atoms with van der Waals surface area (Å²) >= 11 is 0.